The number of carbonyl (C=O) groups is 3. The lowest BCUT2D eigenvalue weighted by Crippen LogP contribution is -2.48. The Morgan fingerprint density at radius 3 is 2.54 bits per heavy atom. The van der Waals surface area contributed by atoms with Crippen molar-refractivity contribution in [1.29, 1.82) is 0 Å². The first kappa shape index (κ1) is 22.5. The van der Waals surface area contributed by atoms with Crippen molar-refractivity contribution >= 4 is 23.5 Å². The van der Waals surface area contributed by atoms with Gasteiger partial charge in [-0.1, -0.05) is 42.5 Å². The van der Waals surface area contributed by atoms with Crippen molar-refractivity contribution in [2.24, 2.45) is 0 Å². The molecule has 1 N–H and O–H groups in total. The highest BCUT2D eigenvalue weighted by molar-refractivity contribution is 6.11. The fourth-order valence-corrected chi connectivity index (χ4v) is 4.53. The number of benzene rings is 3. The second-order valence-corrected chi connectivity index (χ2v) is 8.54. The van der Waals surface area contributed by atoms with Gasteiger partial charge in [-0.3, -0.25) is 19.4 Å². The lowest BCUT2D eigenvalue weighted by molar-refractivity contribution is -0.134. The number of halogens is 2. The van der Waals surface area contributed by atoms with Crippen molar-refractivity contribution in [2.45, 2.75) is 18.5 Å². The highest BCUT2D eigenvalue weighted by atomic mass is 19.1. The van der Waals surface area contributed by atoms with Crippen molar-refractivity contribution in [3.63, 3.8) is 0 Å². The van der Waals surface area contributed by atoms with E-state index >= 15 is 0 Å². The van der Waals surface area contributed by atoms with Gasteiger partial charge in [-0.2, -0.15) is 0 Å². The Balaban J connectivity index is 1.47. The van der Waals surface area contributed by atoms with Crippen molar-refractivity contribution in [2.75, 3.05) is 18.1 Å². The first-order chi connectivity index (χ1) is 16.8. The average Bonchev–Trinajstić information content (AvgIpc) is 3.08. The number of amides is 4. The third-order valence-corrected chi connectivity index (χ3v) is 6.32. The number of para-hydroxylation sites is 2. The number of ether oxygens (including phenoxy) is 1. The Kier molecular flexibility index (Phi) is 5.47. The first-order valence-corrected chi connectivity index (χ1v) is 11.0. The summed E-state index contributed by atoms with van der Waals surface area (Å²) in [5.74, 6) is -2.48. The number of carbonyl (C=O) groups excluding carboxylic acids is 3. The summed E-state index contributed by atoms with van der Waals surface area (Å²) in [4.78, 5) is 41.9. The van der Waals surface area contributed by atoms with Crippen molar-refractivity contribution in [1.82, 2.24) is 10.2 Å². The van der Waals surface area contributed by atoms with E-state index in [4.69, 9.17) is 4.74 Å². The van der Waals surface area contributed by atoms with Crippen LogP contribution in [-0.2, 0) is 15.1 Å². The number of imide groups is 1. The molecule has 178 valence electrons. The topological polar surface area (TPSA) is 79.0 Å². The Hall–Kier alpha value is -4.27. The van der Waals surface area contributed by atoms with Crippen LogP contribution in [0.2, 0.25) is 0 Å². The maximum atomic E-state index is 14.5. The molecule has 4 amide bonds. The molecule has 1 saturated heterocycles. The number of nitrogens with zero attached hydrogens (tertiary/aromatic N) is 2. The summed E-state index contributed by atoms with van der Waals surface area (Å²) < 4.78 is 34.2. The molecule has 3 aromatic carbocycles. The van der Waals surface area contributed by atoms with E-state index in [1.54, 1.807) is 24.3 Å². The standard InChI is InChI=1S/C26H21F2N3O4/c1-26(18-13-17(27)11-12-19(18)28)24(33)30(25(34)29-26)14-23(32)31-20-9-5-6-10-22(20)35-15-21(31)16-7-3-2-4-8-16/h2-13,21H,14-15H2,1H3,(H,29,34). The summed E-state index contributed by atoms with van der Waals surface area (Å²) in [6.07, 6.45) is 0. The van der Waals surface area contributed by atoms with Crippen LogP contribution in [0.3, 0.4) is 0 Å². The van der Waals surface area contributed by atoms with Gasteiger partial charge in [0, 0.05) is 5.56 Å². The third-order valence-electron chi connectivity index (χ3n) is 6.32. The molecule has 35 heavy (non-hydrogen) atoms. The minimum atomic E-state index is -1.86. The van der Waals surface area contributed by atoms with E-state index < -0.39 is 47.6 Å². The van der Waals surface area contributed by atoms with Crippen LogP contribution in [0.1, 0.15) is 24.1 Å². The second-order valence-electron chi connectivity index (χ2n) is 8.54. The molecule has 1 fully saturated rings. The van der Waals surface area contributed by atoms with Gasteiger partial charge in [0.1, 0.15) is 36.1 Å². The summed E-state index contributed by atoms with van der Waals surface area (Å²) in [5, 5.41) is 2.42. The fraction of sp³-hybridized carbons (Fsp3) is 0.192. The number of nitrogens with one attached hydrogen (secondary N) is 1. The van der Waals surface area contributed by atoms with Crippen LogP contribution in [-0.4, -0.2) is 35.9 Å². The molecule has 9 heteroatoms. The monoisotopic (exact) mass is 477 g/mol. The molecule has 0 spiro atoms. The van der Waals surface area contributed by atoms with Crippen LogP contribution < -0.4 is 15.0 Å². The van der Waals surface area contributed by atoms with Crippen molar-refractivity contribution in [3.05, 3.63) is 95.6 Å². The molecule has 0 radical (unpaired) electrons. The molecular weight excluding hydrogens is 456 g/mol. The van der Waals surface area contributed by atoms with E-state index in [9.17, 15) is 23.2 Å². The quantitative estimate of drug-likeness (QED) is 0.579. The van der Waals surface area contributed by atoms with Crippen molar-refractivity contribution < 1.29 is 27.9 Å². The van der Waals surface area contributed by atoms with Crippen LogP contribution in [0.15, 0.2) is 72.8 Å². The molecule has 2 heterocycles. The molecular formula is C26H21F2N3O4. The number of hydrogen-bond acceptors (Lipinski definition) is 4. The predicted molar refractivity (Wildman–Crippen MR) is 123 cm³/mol. The van der Waals surface area contributed by atoms with Crippen LogP contribution in [0.4, 0.5) is 19.3 Å². The molecule has 0 bridgehead atoms. The largest absolute Gasteiger partial charge is 0.489 e. The second kappa shape index (κ2) is 8.50. The van der Waals surface area contributed by atoms with Gasteiger partial charge < -0.3 is 10.1 Å². The fourth-order valence-electron chi connectivity index (χ4n) is 4.53. The first-order valence-electron chi connectivity index (χ1n) is 11.0. The van der Waals surface area contributed by atoms with Gasteiger partial charge in [-0.05, 0) is 42.8 Å². The molecule has 2 atom stereocenters. The van der Waals surface area contributed by atoms with E-state index in [1.165, 1.54) is 11.8 Å². The minimum absolute atomic E-state index is 0.180. The van der Waals surface area contributed by atoms with Crippen molar-refractivity contribution in [3.8, 4) is 5.75 Å². The number of hydrogen-bond donors (Lipinski definition) is 1. The zero-order valence-electron chi connectivity index (χ0n) is 18.7. The van der Waals surface area contributed by atoms with Gasteiger partial charge in [0.25, 0.3) is 5.91 Å². The van der Waals surface area contributed by atoms with Gasteiger partial charge in [0.05, 0.1) is 11.7 Å². The summed E-state index contributed by atoms with van der Waals surface area (Å²) in [6, 6.07) is 17.6. The normalized spacial score (nSPS) is 21.4. The highest BCUT2D eigenvalue weighted by Gasteiger charge is 2.51. The van der Waals surface area contributed by atoms with Gasteiger partial charge in [0.2, 0.25) is 5.91 Å². The maximum absolute atomic E-state index is 14.5. The molecule has 0 saturated carbocycles. The van der Waals surface area contributed by atoms with Crippen LogP contribution >= 0.6 is 0 Å². The zero-order chi connectivity index (χ0) is 24.7. The molecule has 0 aromatic heterocycles. The van der Waals surface area contributed by atoms with E-state index in [-0.39, 0.29) is 12.2 Å². The van der Waals surface area contributed by atoms with Gasteiger partial charge >= 0.3 is 6.03 Å². The maximum Gasteiger partial charge on any atom is 0.325 e. The lowest BCUT2D eigenvalue weighted by atomic mass is 9.91. The molecule has 2 unspecified atom stereocenters. The van der Waals surface area contributed by atoms with Crippen LogP contribution in [0.25, 0.3) is 0 Å². The number of rotatable bonds is 4. The number of urea groups is 1. The Morgan fingerprint density at radius 2 is 1.77 bits per heavy atom. The smallest absolute Gasteiger partial charge is 0.325 e. The van der Waals surface area contributed by atoms with E-state index in [0.29, 0.717) is 11.4 Å². The predicted octanol–water partition coefficient (Wildman–Crippen LogP) is 3.90. The van der Waals surface area contributed by atoms with E-state index in [0.717, 1.165) is 28.7 Å². The summed E-state index contributed by atoms with van der Waals surface area (Å²) in [5.41, 5.74) is -0.849. The Morgan fingerprint density at radius 1 is 1.06 bits per heavy atom. The van der Waals surface area contributed by atoms with Crippen LogP contribution in [0, 0.1) is 11.6 Å². The van der Waals surface area contributed by atoms with Crippen LogP contribution in [0.5, 0.6) is 5.75 Å². The number of fused-ring (bicyclic) bond motifs is 1. The molecule has 3 aromatic rings. The SMILES string of the molecule is CC1(c2cc(F)ccc2F)NC(=O)N(CC(=O)N2c3ccccc3OCC2c2ccccc2)C1=O. The molecule has 0 aliphatic carbocycles. The average molecular weight is 477 g/mol. The summed E-state index contributed by atoms with van der Waals surface area (Å²) in [7, 11) is 0. The van der Waals surface area contributed by atoms with E-state index in [2.05, 4.69) is 5.32 Å². The molecule has 2 aliphatic rings. The van der Waals surface area contributed by atoms with Gasteiger partial charge in [-0.25, -0.2) is 13.6 Å². The molecule has 7 nitrogen and oxygen atoms in total. The zero-order valence-corrected chi connectivity index (χ0v) is 18.7. The number of anilines is 1. The Labute approximate surface area is 199 Å². The molecule has 5 rings (SSSR count). The molecule has 2 aliphatic heterocycles. The highest BCUT2D eigenvalue weighted by Crippen LogP contribution is 2.40. The Bertz CT molecular complexity index is 1330. The summed E-state index contributed by atoms with van der Waals surface area (Å²) >= 11 is 0. The lowest BCUT2D eigenvalue weighted by Gasteiger charge is -2.37. The van der Waals surface area contributed by atoms with Gasteiger partial charge in [-0.15, -0.1) is 0 Å². The van der Waals surface area contributed by atoms with Gasteiger partial charge in [0.15, 0.2) is 0 Å². The minimum Gasteiger partial charge on any atom is -0.489 e. The van der Waals surface area contributed by atoms with E-state index in [1.807, 2.05) is 30.3 Å². The third kappa shape index (κ3) is 3.78. The summed E-state index contributed by atoms with van der Waals surface area (Å²) in [6.45, 7) is 0.875.